The molecule has 2 amide bonds. The van der Waals surface area contributed by atoms with Gasteiger partial charge in [-0.2, -0.15) is 5.26 Å². The fraction of sp³-hybridized carbons (Fsp3) is 0.227. The van der Waals surface area contributed by atoms with Crippen LogP contribution in [0, 0.1) is 17.1 Å². The van der Waals surface area contributed by atoms with Crippen LogP contribution in [0.4, 0.5) is 10.1 Å². The number of halogens is 2. The van der Waals surface area contributed by atoms with Gasteiger partial charge in [-0.3, -0.25) is 9.59 Å². The minimum atomic E-state index is -0.564. The molecule has 0 saturated carbocycles. The summed E-state index contributed by atoms with van der Waals surface area (Å²) in [5.41, 5.74) is 1.26. The maximum atomic E-state index is 13.9. The summed E-state index contributed by atoms with van der Waals surface area (Å²) < 4.78 is 19.9. The van der Waals surface area contributed by atoms with Gasteiger partial charge in [0.25, 0.3) is 0 Å². The number of amides is 2. The molecule has 0 aliphatic carbocycles. The Labute approximate surface area is 192 Å². The van der Waals surface area contributed by atoms with Crippen molar-refractivity contribution >= 4 is 45.2 Å². The van der Waals surface area contributed by atoms with Gasteiger partial charge in [0.2, 0.25) is 11.8 Å². The summed E-state index contributed by atoms with van der Waals surface area (Å²) in [6.07, 6.45) is 0.136. The van der Waals surface area contributed by atoms with Crippen molar-refractivity contribution in [1.82, 2.24) is 5.32 Å². The maximum Gasteiger partial charge on any atom is 0.234 e. The van der Waals surface area contributed by atoms with E-state index < -0.39 is 17.6 Å². The number of nitrogens with zero attached hydrogens (tertiary/aromatic N) is 1. The summed E-state index contributed by atoms with van der Waals surface area (Å²) in [6, 6.07) is 13.7. The van der Waals surface area contributed by atoms with Crippen molar-refractivity contribution in [2.45, 2.75) is 19.3 Å². The van der Waals surface area contributed by atoms with E-state index in [-0.39, 0.29) is 23.8 Å². The topological polar surface area (TPSA) is 91.2 Å². The van der Waals surface area contributed by atoms with Crippen LogP contribution in [-0.2, 0) is 9.59 Å². The second-order valence-electron chi connectivity index (χ2n) is 6.62. The number of thioether (sulfide) groups is 1. The number of carbonyl (C=O) groups is 2. The molecule has 2 aromatic carbocycles. The minimum Gasteiger partial charge on any atom is -0.494 e. The number of hydrogen-bond donors (Lipinski definition) is 2. The van der Waals surface area contributed by atoms with Crippen molar-refractivity contribution < 1.29 is 18.7 Å². The molecule has 0 saturated heterocycles. The van der Waals surface area contributed by atoms with Crippen LogP contribution in [0.2, 0.25) is 0 Å². The van der Waals surface area contributed by atoms with Crippen molar-refractivity contribution in [1.29, 1.82) is 5.26 Å². The van der Waals surface area contributed by atoms with Crippen LogP contribution in [0.25, 0.3) is 0 Å². The van der Waals surface area contributed by atoms with Gasteiger partial charge in [0.05, 0.1) is 34.7 Å². The maximum absolute atomic E-state index is 13.9. The molecule has 1 atom stereocenters. The smallest absolute Gasteiger partial charge is 0.234 e. The first kappa shape index (κ1) is 22.8. The van der Waals surface area contributed by atoms with Gasteiger partial charge in [-0.25, -0.2) is 4.39 Å². The monoisotopic (exact) mass is 503 g/mol. The molecule has 0 radical (unpaired) electrons. The molecule has 160 valence electrons. The molecule has 3 rings (SSSR count). The Kier molecular flexibility index (Phi) is 7.71. The number of ether oxygens (including phenoxy) is 1. The Morgan fingerprint density at radius 2 is 2.10 bits per heavy atom. The average molecular weight is 504 g/mol. The van der Waals surface area contributed by atoms with E-state index in [0.29, 0.717) is 27.4 Å². The first-order chi connectivity index (χ1) is 14.9. The van der Waals surface area contributed by atoms with Gasteiger partial charge in [0.1, 0.15) is 11.6 Å². The first-order valence-electron chi connectivity index (χ1n) is 9.45. The Bertz CT molecular complexity index is 1070. The summed E-state index contributed by atoms with van der Waals surface area (Å²) in [4.78, 5) is 24.5. The zero-order chi connectivity index (χ0) is 22.4. The predicted octanol–water partition coefficient (Wildman–Crippen LogP) is 4.70. The van der Waals surface area contributed by atoms with Crippen molar-refractivity contribution in [2.24, 2.45) is 0 Å². The average Bonchev–Trinajstić information content (AvgIpc) is 2.74. The lowest BCUT2D eigenvalue weighted by Gasteiger charge is -2.25. The van der Waals surface area contributed by atoms with E-state index in [1.54, 1.807) is 18.2 Å². The van der Waals surface area contributed by atoms with Crippen LogP contribution in [0.3, 0.4) is 0 Å². The highest BCUT2D eigenvalue weighted by Gasteiger charge is 2.30. The number of nitrogens with one attached hydrogen (secondary N) is 2. The van der Waals surface area contributed by atoms with E-state index in [9.17, 15) is 19.2 Å². The van der Waals surface area contributed by atoms with E-state index in [4.69, 9.17) is 4.74 Å². The van der Waals surface area contributed by atoms with Crippen LogP contribution < -0.4 is 15.4 Å². The van der Waals surface area contributed by atoms with E-state index in [2.05, 4.69) is 32.6 Å². The summed E-state index contributed by atoms with van der Waals surface area (Å²) in [5.74, 6) is -1.05. The van der Waals surface area contributed by atoms with Crippen molar-refractivity contribution in [3.8, 4) is 11.8 Å². The molecular weight excluding hydrogens is 485 g/mol. The number of carbonyl (C=O) groups excluding carboxylic acids is 2. The Morgan fingerprint density at radius 3 is 2.74 bits per heavy atom. The first-order valence-corrected chi connectivity index (χ1v) is 11.2. The van der Waals surface area contributed by atoms with Crippen molar-refractivity contribution in [3.63, 3.8) is 0 Å². The molecule has 2 N–H and O–H groups in total. The Morgan fingerprint density at radius 1 is 1.35 bits per heavy atom. The summed E-state index contributed by atoms with van der Waals surface area (Å²) in [5, 5.41) is 15.2. The van der Waals surface area contributed by atoms with Crippen LogP contribution in [0.1, 0.15) is 24.8 Å². The summed E-state index contributed by atoms with van der Waals surface area (Å²) >= 11 is 4.20. The molecule has 1 aliphatic rings. The molecule has 1 aliphatic heterocycles. The fourth-order valence-corrected chi connectivity index (χ4v) is 4.31. The SMILES string of the molecule is CCOc1ccc([C@H]2CC(=O)NC(SCC(=O)Nc3ccc(Br)cc3F)=C2C#N)cc1. The number of rotatable bonds is 7. The molecule has 9 heteroatoms. The van der Waals surface area contributed by atoms with Gasteiger partial charge in [-0.1, -0.05) is 39.8 Å². The van der Waals surface area contributed by atoms with Gasteiger partial charge in [-0.05, 0) is 42.8 Å². The third-order valence-corrected chi connectivity index (χ3v) is 6.01. The van der Waals surface area contributed by atoms with Gasteiger partial charge in [0.15, 0.2) is 0 Å². The van der Waals surface area contributed by atoms with Gasteiger partial charge in [-0.15, -0.1) is 0 Å². The number of benzene rings is 2. The molecule has 0 bridgehead atoms. The second kappa shape index (κ2) is 10.5. The lowest BCUT2D eigenvalue weighted by Crippen LogP contribution is -2.31. The lowest BCUT2D eigenvalue weighted by atomic mass is 9.87. The highest BCUT2D eigenvalue weighted by atomic mass is 79.9. The molecule has 0 aromatic heterocycles. The molecule has 0 fully saturated rings. The number of nitriles is 1. The largest absolute Gasteiger partial charge is 0.494 e. The van der Waals surface area contributed by atoms with Gasteiger partial charge < -0.3 is 15.4 Å². The molecule has 0 spiro atoms. The van der Waals surface area contributed by atoms with E-state index in [1.165, 1.54) is 12.1 Å². The molecule has 1 heterocycles. The minimum absolute atomic E-state index is 0.0585. The molecule has 31 heavy (non-hydrogen) atoms. The van der Waals surface area contributed by atoms with E-state index in [1.807, 2.05) is 19.1 Å². The fourth-order valence-electron chi connectivity index (χ4n) is 3.10. The summed E-state index contributed by atoms with van der Waals surface area (Å²) in [6.45, 7) is 2.43. The normalized spacial score (nSPS) is 15.8. The summed E-state index contributed by atoms with van der Waals surface area (Å²) in [7, 11) is 0. The number of allylic oxidation sites excluding steroid dienone is 1. The Balaban J connectivity index is 1.74. The zero-order valence-corrected chi connectivity index (χ0v) is 19.0. The third-order valence-electron chi connectivity index (χ3n) is 4.50. The van der Waals surface area contributed by atoms with Crippen LogP contribution >= 0.6 is 27.7 Å². The highest BCUT2D eigenvalue weighted by Crippen LogP contribution is 2.36. The van der Waals surface area contributed by atoms with Gasteiger partial charge in [0, 0.05) is 16.8 Å². The Hall–Kier alpha value is -2.83. The van der Waals surface area contributed by atoms with Crippen LogP contribution in [0.15, 0.2) is 57.5 Å². The van der Waals surface area contributed by atoms with Crippen LogP contribution in [0.5, 0.6) is 5.75 Å². The third kappa shape index (κ3) is 5.87. The zero-order valence-electron chi connectivity index (χ0n) is 16.6. The standard InChI is InChI=1S/C22H19BrFN3O3S/c1-2-30-15-6-3-13(4-7-15)16-10-20(28)27-22(17(16)11-25)31-12-21(29)26-19-8-5-14(23)9-18(19)24/h3-9,16H,2,10,12H2,1H3,(H,26,29)(H,27,28)/t16-/m1/s1. The second-order valence-corrected chi connectivity index (χ2v) is 8.52. The van der Waals surface area contributed by atoms with E-state index >= 15 is 0 Å². The molecule has 0 unspecified atom stereocenters. The van der Waals surface area contributed by atoms with Crippen molar-refractivity contribution in [3.05, 3.63) is 68.9 Å². The number of anilines is 1. The van der Waals surface area contributed by atoms with Crippen LogP contribution in [-0.4, -0.2) is 24.2 Å². The lowest BCUT2D eigenvalue weighted by molar-refractivity contribution is -0.121. The quantitative estimate of drug-likeness (QED) is 0.571. The molecule has 2 aromatic rings. The van der Waals surface area contributed by atoms with Crippen molar-refractivity contribution in [2.75, 3.05) is 17.7 Å². The highest BCUT2D eigenvalue weighted by molar-refractivity contribution is 9.10. The van der Waals surface area contributed by atoms with E-state index in [0.717, 1.165) is 17.3 Å². The number of hydrogen-bond acceptors (Lipinski definition) is 5. The molecular formula is C22H19BrFN3O3S. The molecule has 6 nitrogen and oxygen atoms in total. The van der Waals surface area contributed by atoms with Gasteiger partial charge >= 0.3 is 0 Å². The predicted molar refractivity (Wildman–Crippen MR) is 121 cm³/mol.